The molecule has 6 heteroatoms. The van der Waals surface area contributed by atoms with Crippen LogP contribution in [0, 0.1) is 13.8 Å². The average molecular weight is 339 g/mol. The van der Waals surface area contributed by atoms with Crippen LogP contribution in [0.2, 0.25) is 0 Å². The van der Waals surface area contributed by atoms with Gasteiger partial charge in [0.05, 0.1) is 17.6 Å². The van der Waals surface area contributed by atoms with Gasteiger partial charge in [0.2, 0.25) is 10.0 Å². The summed E-state index contributed by atoms with van der Waals surface area (Å²) in [5, 5.41) is 0. The zero-order chi connectivity index (χ0) is 16.5. The molecule has 3 rings (SSSR count). The van der Waals surface area contributed by atoms with Crippen molar-refractivity contribution in [3.8, 4) is 0 Å². The molecule has 2 aliphatic rings. The van der Waals surface area contributed by atoms with Crippen LogP contribution < -0.4 is 4.72 Å². The lowest BCUT2D eigenvalue weighted by Gasteiger charge is -2.31. The predicted octanol–water partition coefficient (Wildman–Crippen LogP) is 2.66. The van der Waals surface area contributed by atoms with Crippen LogP contribution >= 0.6 is 0 Å². The normalized spacial score (nSPS) is 24.2. The van der Waals surface area contributed by atoms with Crippen LogP contribution in [0.4, 0.5) is 0 Å². The quantitative estimate of drug-likeness (QED) is 0.916. The molecular formula is C17H25NO4S. The lowest BCUT2D eigenvalue weighted by molar-refractivity contribution is -0.186. The van der Waals surface area contributed by atoms with Gasteiger partial charge < -0.3 is 9.47 Å². The van der Waals surface area contributed by atoms with Crippen molar-refractivity contribution >= 4 is 10.0 Å². The molecule has 1 spiro atoms. The molecule has 128 valence electrons. The number of benzene rings is 1. The number of hydrogen-bond acceptors (Lipinski definition) is 4. The Bertz CT molecular complexity index is 665. The summed E-state index contributed by atoms with van der Waals surface area (Å²) in [6.07, 6.45) is 5.05. The molecule has 0 radical (unpaired) electrons. The predicted molar refractivity (Wildman–Crippen MR) is 87.7 cm³/mol. The zero-order valence-corrected chi connectivity index (χ0v) is 14.6. The van der Waals surface area contributed by atoms with Gasteiger partial charge in [0.25, 0.3) is 0 Å². The molecule has 1 saturated carbocycles. The summed E-state index contributed by atoms with van der Waals surface area (Å²) in [6.45, 7) is 4.46. The van der Waals surface area contributed by atoms with Crippen LogP contribution in [-0.4, -0.2) is 33.5 Å². The van der Waals surface area contributed by atoms with Crippen molar-refractivity contribution in [2.24, 2.45) is 0 Å². The first-order valence-corrected chi connectivity index (χ1v) is 9.77. The topological polar surface area (TPSA) is 64.6 Å². The Hall–Kier alpha value is -0.950. The first-order valence-electron chi connectivity index (χ1n) is 8.29. The molecule has 0 aromatic heterocycles. The van der Waals surface area contributed by atoms with E-state index in [2.05, 4.69) is 4.72 Å². The lowest BCUT2D eigenvalue weighted by atomic mass is 9.94. The highest BCUT2D eigenvalue weighted by atomic mass is 32.2. The summed E-state index contributed by atoms with van der Waals surface area (Å²) < 4.78 is 39.5. The Kier molecular flexibility index (Phi) is 4.78. The van der Waals surface area contributed by atoms with Crippen LogP contribution in [0.3, 0.4) is 0 Å². The van der Waals surface area contributed by atoms with Gasteiger partial charge in [-0.25, -0.2) is 13.1 Å². The molecule has 1 aromatic carbocycles. The maximum Gasteiger partial charge on any atom is 0.240 e. The van der Waals surface area contributed by atoms with Crippen molar-refractivity contribution in [3.63, 3.8) is 0 Å². The fourth-order valence-electron chi connectivity index (χ4n) is 3.45. The Morgan fingerprint density at radius 2 is 1.96 bits per heavy atom. The number of sulfonamides is 1. The summed E-state index contributed by atoms with van der Waals surface area (Å²) in [4.78, 5) is 0.328. The number of nitrogens with one attached hydrogen (secondary N) is 1. The van der Waals surface area contributed by atoms with E-state index >= 15 is 0 Å². The molecule has 1 atom stereocenters. The molecule has 5 nitrogen and oxygen atoms in total. The molecule has 1 heterocycles. The average Bonchev–Trinajstić information content (AvgIpc) is 2.88. The Morgan fingerprint density at radius 3 is 2.65 bits per heavy atom. The van der Waals surface area contributed by atoms with E-state index in [4.69, 9.17) is 9.47 Å². The fraction of sp³-hybridized carbons (Fsp3) is 0.647. The van der Waals surface area contributed by atoms with Crippen LogP contribution in [0.1, 0.15) is 43.2 Å². The van der Waals surface area contributed by atoms with Gasteiger partial charge in [-0.15, -0.1) is 0 Å². The molecule has 1 aromatic rings. The van der Waals surface area contributed by atoms with Gasteiger partial charge in [-0.05, 0) is 38.3 Å². The largest absolute Gasteiger partial charge is 0.347 e. The van der Waals surface area contributed by atoms with E-state index in [0.29, 0.717) is 11.5 Å². The molecule has 2 fully saturated rings. The van der Waals surface area contributed by atoms with Crippen LogP contribution in [0.15, 0.2) is 23.1 Å². The van der Waals surface area contributed by atoms with Gasteiger partial charge in [-0.1, -0.05) is 24.1 Å². The first kappa shape index (κ1) is 16.9. The molecule has 0 unspecified atom stereocenters. The van der Waals surface area contributed by atoms with Gasteiger partial charge >= 0.3 is 0 Å². The van der Waals surface area contributed by atoms with Crippen LogP contribution in [-0.2, 0) is 19.5 Å². The zero-order valence-electron chi connectivity index (χ0n) is 13.8. The fourth-order valence-corrected chi connectivity index (χ4v) is 4.74. The maximum absolute atomic E-state index is 12.5. The second-order valence-corrected chi connectivity index (χ2v) is 8.38. The van der Waals surface area contributed by atoms with Crippen molar-refractivity contribution in [1.29, 1.82) is 0 Å². The Morgan fingerprint density at radius 1 is 1.22 bits per heavy atom. The van der Waals surface area contributed by atoms with Crippen molar-refractivity contribution in [2.75, 3.05) is 13.2 Å². The minimum Gasteiger partial charge on any atom is -0.347 e. The van der Waals surface area contributed by atoms with E-state index in [1.54, 1.807) is 6.07 Å². The summed E-state index contributed by atoms with van der Waals surface area (Å²) >= 11 is 0. The summed E-state index contributed by atoms with van der Waals surface area (Å²) in [7, 11) is -3.52. The molecule has 0 bridgehead atoms. The highest BCUT2D eigenvalue weighted by Gasteiger charge is 2.42. The molecule has 1 saturated heterocycles. The maximum atomic E-state index is 12.5. The second kappa shape index (κ2) is 6.51. The number of rotatable bonds is 4. The van der Waals surface area contributed by atoms with Gasteiger partial charge in [0, 0.05) is 19.4 Å². The van der Waals surface area contributed by atoms with Gasteiger partial charge in [-0.3, -0.25) is 0 Å². The lowest BCUT2D eigenvalue weighted by Crippen LogP contribution is -2.37. The van der Waals surface area contributed by atoms with Crippen LogP contribution in [0.5, 0.6) is 0 Å². The SMILES string of the molecule is Cc1ccc(S(=O)(=O)NC[C@@H]2COC3(CCCCC3)O2)c(C)c1. The van der Waals surface area contributed by atoms with Gasteiger partial charge in [0.1, 0.15) is 0 Å². The third-order valence-electron chi connectivity index (χ3n) is 4.65. The second-order valence-electron chi connectivity index (χ2n) is 6.64. The molecule has 1 aliphatic heterocycles. The third-order valence-corrected chi connectivity index (χ3v) is 6.23. The van der Waals surface area contributed by atoms with Gasteiger partial charge in [-0.2, -0.15) is 0 Å². The van der Waals surface area contributed by atoms with Crippen molar-refractivity contribution in [2.45, 2.75) is 62.7 Å². The van der Waals surface area contributed by atoms with Crippen molar-refractivity contribution in [1.82, 2.24) is 4.72 Å². The number of ether oxygens (including phenoxy) is 2. The van der Waals surface area contributed by atoms with E-state index in [0.717, 1.165) is 36.8 Å². The molecule has 23 heavy (non-hydrogen) atoms. The molecular weight excluding hydrogens is 314 g/mol. The van der Waals surface area contributed by atoms with E-state index in [-0.39, 0.29) is 12.6 Å². The Labute approximate surface area is 138 Å². The first-order chi connectivity index (χ1) is 10.9. The third kappa shape index (κ3) is 3.76. The van der Waals surface area contributed by atoms with Crippen LogP contribution in [0.25, 0.3) is 0 Å². The smallest absolute Gasteiger partial charge is 0.240 e. The Balaban J connectivity index is 1.61. The standard InChI is InChI=1S/C17H25NO4S/c1-13-6-7-16(14(2)10-13)23(19,20)18-11-15-12-21-17(22-15)8-4-3-5-9-17/h6-7,10,15,18H,3-5,8-9,11-12H2,1-2H3/t15-/m1/s1. The van der Waals surface area contributed by atoms with E-state index in [1.165, 1.54) is 6.42 Å². The summed E-state index contributed by atoms with van der Waals surface area (Å²) in [6, 6.07) is 5.34. The monoisotopic (exact) mass is 339 g/mol. The van der Waals surface area contributed by atoms with E-state index in [9.17, 15) is 8.42 Å². The highest BCUT2D eigenvalue weighted by molar-refractivity contribution is 7.89. The minimum atomic E-state index is -3.52. The van der Waals surface area contributed by atoms with Gasteiger partial charge in [0.15, 0.2) is 5.79 Å². The van der Waals surface area contributed by atoms with Crippen molar-refractivity contribution in [3.05, 3.63) is 29.3 Å². The minimum absolute atomic E-state index is 0.214. The molecule has 0 amide bonds. The molecule has 1 N–H and O–H groups in total. The summed E-state index contributed by atoms with van der Waals surface area (Å²) in [5.74, 6) is -0.464. The van der Waals surface area contributed by atoms with E-state index < -0.39 is 15.8 Å². The van der Waals surface area contributed by atoms with Crippen molar-refractivity contribution < 1.29 is 17.9 Å². The summed E-state index contributed by atoms with van der Waals surface area (Å²) in [5.41, 5.74) is 1.80. The van der Waals surface area contributed by atoms with E-state index in [1.807, 2.05) is 26.0 Å². The number of hydrogen-bond donors (Lipinski definition) is 1. The highest BCUT2D eigenvalue weighted by Crippen LogP contribution is 2.37. The molecule has 1 aliphatic carbocycles. The number of aryl methyl sites for hydroxylation is 2.